The van der Waals surface area contributed by atoms with Crippen LogP contribution in [0.2, 0.25) is 0 Å². The largest absolute Gasteiger partial charge is 0.397 e. The first-order valence-electron chi connectivity index (χ1n) is 6.31. The fourth-order valence-corrected chi connectivity index (χ4v) is 2.70. The highest BCUT2D eigenvalue weighted by Crippen LogP contribution is 2.32. The summed E-state index contributed by atoms with van der Waals surface area (Å²) in [6.07, 6.45) is 1.66. The molecule has 0 spiro atoms. The summed E-state index contributed by atoms with van der Waals surface area (Å²) in [5.74, 6) is 0.826. The highest BCUT2D eigenvalue weighted by molar-refractivity contribution is 9.10. The number of anilines is 3. The maximum Gasteiger partial charge on any atom is 0.133 e. The van der Waals surface area contributed by atoms with Gasteiger partial charge in [-0.3, -0.25) is 0 Å². The van der Waals surface area contributed by atoms with Crippen molar-refractivity contribution in [2.45, 2.75) is 6.92 Å². The van der Waals surface area contributed by atoms with E-state index in [0.717, 1.165) is 26.9 Å². The molecule has 1 aromatic heterocycles. The Morgan fingerprint density at radius 2 is 1.85 bits per heavy atom. The van der Waals surface area contributed by atoms with Crippen LogP contribution < -0.4 is 11.1 Å². The summed E-state index contributed by atoms with van der Waals surface area (Å²) in [6, 6.07) is 14.2. The molecule has 4 heteroatoms. The van der Waals surface area contributed by atoms with Crippen LogP contribution in [0, 0.1) is 6.92 Å². The highest BCUT2D eigenvalue weighted by Gasteiger charge is 2.06. The second kappa shape index (κ2) is 5.13. The van der Waals surface area contributed by atoms with Gasteiger partial charge in [0.2, 0.25) is 0 Å². The van der Waals surface area contributed by atoms with Gasteiger partial charge in [-0.25, -0.2) is 4.98 Å². The number of nitrogens with zero attached hydrogens (tertiary/aromatic N) is 1. The molecule has 3 nitrogen and oxygen atoms in total. The van der Waals surface area contributed by atoms with Gasteiger partial charge in [0.25, 0.3) is 0 Å². The van der Waals surface area contributed by atoms with Crippen LogP contribution in [0.1, 0.15) is 5.56 Å². The number of pyridine rings is 1. The van der Waals surface area contributed by atoms with E-state index in [1.807, 2.05) is 37.3 Å². The third-order valence-electron chi connectivity index (χ3n) is 3.22. The molecule has 3 rings (SSSR count). The molecule has 100 valence electrons. The molecule has 0 amide bonds. The molecule has 0 radical (unpaired) electrons. The monoisotopic (exact) mass is 327 g/mol. The molecular formula is C16H14BrN3. The number of aryl methyl sites for hydroxylation is 1. The normalized spacial score (nSPS) is 10.7. The van der Waals surface area contributed by atoms with E-state index in [2.05, 4.69) is 38.4 Å². The Kier molecular flexibility index (Phi) is 3.32. The Labute approximate surface area is 126 Å². The molecule has 0 aliphatic carbocycles. The van der Waals surface area contributed by atoms with E-state index in [4.69, 9.17) is 5.73 Å². The molecule has 0 atom stereocenters. The van der Waals surface area contributed by atoms with Crippen molar-refractivity contribution in [1.82, 2.24) is 4.98 Å². The highest BCUT2D eigenvalue weighted by atomic mass is 79.9. The van der Waals surface area contributed by atoms with E-state index in [-0.39, 0.29) is 0 Å². The lowest BCUT2D eigenvalue weighted by Gasteiger charge is -2.12. The lowest BCUT2D eigenvalue weighted by molar-refractivity contribution is 1.26. The van der Waals surface area contributed by atoms with E-state index in [9.17, 15) is 0 Å². The lowest BCUT2D eigenvalue weighted by atomic mass is 10.1. The van der Waals surface area contributed by atoms with Gasteiger partial charge in [0.05, 0.1) is 11.9 Å². The van der Waals surface area contributed by atoms with Crippen LogP contribution in [-0.2, 0) is 0 Å². The van der Waals surface area contributed by atoms with E-state index in [1.54, 1.807) is 6.20 Å². The fourth-order valence-electron chi connectivity index (χ4n) is 2.23. The first kappa shape index (κ1) is 12.9. The average molecular weight is 328 g/mol. The zero-order valence-corrected chi connectivity index (χ0v) is 12.6. The van der Waals surface area contributed by atoms with Crippen LogP contribution in [-0.4, -0.2) is 4.98 Å². The summed E-state index contributed by atoms with van der Waals surface area (Å²) in [5.41, 5.74) is 8.47. The van der Waals surface area contributed by atoms with Crippen LogP contribution in [0.3, 0.4) is 0 Å². The molecule has 2 aromatic carbocycles. The van der Waals surface area contributed by atoms with Crippen molar-refractivity contribution in [3.63, 3.8) is 0 Å². The van der Waals surface area contributed by atoms with Gasteiger partial charge in [-0.15, -0.1) is 0 Å². The zero-order chi connectivity index (χ0) is 14.1. The molecule has 0 saturated carbocycles. The van der Waals surface area contributed by atoms with Gasteiger partial charge in [0.1, 0.15) is 5.82 Å². The first-order valence-corrected chi connectivity index (χ1v) is 7.11. The van der Waals surface area contributed by atoms with E-state index < -0.39 is 0 Å². The minimum Gasteiger partial charge on any atom is -0.397 e. The third kappa shape index (κ3) is 2.34. The van der Waals surface area contributed by atoms with Crippen LogP contribution in [0.25, 0.3) is 10.8 Å². The maximum absolute atomic E-state index is 5.73. The molecule has 0 aliphatic rings. The van der Waals surface area contributed by atoms with Crippen LogP contribution in [0.4, 0.5) is 17.2 Å². The number of benzene rings is 2. The number of nitrogen functional groups attached to an aromatic ring is 1. The number of rotatable bonds is 2. The van der Waals surface area contributed by atoms with Crippen molar-refractivity contribution in [3.05, 3.63) is 58.7 Å². The Balaban J connectivity index is 2.09. The summed E-state index contributed by atoms with van der Waals surface area (Å²) < 4.78 is 1.08. The van der Waals surface area contributed by atoms with Gasteiger partial charge < -0.3 is 11.1 Å². The minimum absolute atomic E-state index is 0.675. The molecule has 20 heavy (non-hydrogen) atoms. The van der Waals surface area contributed by atoms with Crippen LogP contribution >= 0.6 is 15.9 Å². The van der Waals surface area contributed by atoms with Crippen molar-refractivity contribution in [1.29, 1.82) is 0 Å². The molecule has 0 aliphatic heterocycles. The quantitative estimate of drug-likeness (QED) is 0.721. The van der Waals surface area contributed by atoms with Crippen molar-refractivity contribution >= 4 is 43.9 Å². The molecule has 0 fully saturated rings. The second-order valence-corrected chi connectivity index (χ2v) is 5.55. The molecule has 0 saturated heterocycles. The number of aromatic nitrogens is 1. The molecule has 3 N–H and O–H groups in total. The number of nitrogens with two attached hydrogens (primary N) is 1. The van der Waals surface area contributed by atoms with Gasteiger partial charge >= 0.3 is 0 Å². The van der Waals surface area contributed by atoms with Gasteiger partial charge in [0.15, 0.2) is 0 Å². The zero-order valence-electron chi connectivity index (χ0n) is 11.0. The van der Waals surface area contributed by atoms with Crippen molar-refractivity contribution < 1.29 is 0 Å². The Bertz CT molecular complexity index is 784. The molecule has 1 heterocycles. The Morgan fingerprint density at radius 3 is 2.60 bits per heavy atom. The Hall–Kier alpha value is -2.07. The minimum atomic E-state index is 0.675. The predicted octanol–water partition coefficient (Wildman–Crippen LogP) is 4.63. The first-order chi connectivity index (χ1) is 9.65. The smallest absolute Gasteiger partial charge is 0.133 e. The van der Waals surface area contributed by atoms with Gasteiger partial charge in [-0.05, 0) is 36.1 Å². The summed E-state index contributed by atoms with van der Waals surface area (Å²) in [4.78, 5) is 4.35. The Morgan fingerprint density at radius 1 is 1.10 bits per heavy atom. The van der Waals surface area contributed by atoms with Crippen molar-refractivity contribution in [2.75, 3.05) is 11.1 Å². The predicted molar refractivity (Wildman–Crippen MR) is 88.3 cm³/mol. The molecular weight excluding hydrogens is 314 g/mol. The SMILES string of the molecule is Cc1cc(N)cnc1Nc1ccc(Br)c2ccccc12. The third-order valence-corrected chi connectivity index (χ3v) is 3.91. The second-order valence-electron chi connectivity index (χ2n) is 4.70. The average Bonchev–Trinajstić information content (AvgIpc) is 2.45. The van der Waals surface area contributed by atoms with E-state index in [0.29, 0.717) is 5.69 Å². The molecule has 0 unspecified atom stereocenters. The fraction of sp³-hybridized carbons (Fsp3) is 0.0625. The maximum atomic E-state index is 5.73. The van der Waals surface area contributed by atoms with Gasteiger partial charge in [-0.2, -0.15) is 0 Å². The number of fused-ring (bicyclic) bond motifs is 1. The summed E-state index contributed by atoms with van der Waals surface area (Å²) in [7, 11) is 0. The van der Waals surface area contributed by atoms with E-state index in [1.165, 1.54) is 5.39 Å². The van der Waals surface area contributed by atoms with Gasteiger partial charge in [-0.1, -0.05) is 40.2 Å². The summed E-state index contributed by atoms with van der Waals surface area (Å²) >= 11 is 3.58. The molecule has 3 aromatic rings. The van der Waals surface area contributed by atoms with Crippen molar-refractivity contribution in [2.24, 2.45) is 0 Å². The number of hydrogen-bond acceptors (Lipinski definition) is 3. The van der Waals surface area contributed by atoms with E-state index >= 15 is 0 Å². The lowest BCUT2D eigenvalue weighted by Crippen LogP contribution is -1.98. The summed E-state index contributed by atoms with van der Waals surface area (Å²) in [5, 5.41) is 5.71. The van der Waals surface area contributed by atoms with Gasteiger partial charge in [0, 0.05) is 15.5 Å². The van der Waals surface area contributed by atoms with Crippen molar-refractivity contribution in [3.8, 4) is 0 Å². The standard InChI is InChI=1S/C16H14BrN3/c1-10-8-11(18)9-19-16(10)20-15-7-6-14(17)12-4-2-3-5-13(12)15/h2-9H,18H2,1H3,(H,19,20). The summed E-state index contributed by atoms with van der Waals surface area (Å²) in [6.45, 7) is 1.99. The topological polar surface area (TPSA) is 50.9 Å². The van der Waals surface area contributed by atoms with Crippen LogP contribution in [0.5, 0.6) is 0 Å². The number of halogens is 1. The van der Waals surface area contributed by atoms with Crippen LogP contribution in [0.15, 0.2) is 53.1 Å². The molecule has 0 bridgehead atoms. The number of hydrogen-bond donors (Lipinski definition) is 2. The number of nitrogens with one attached hydrogen (secondary N) is 1.